The highest BCUT2D eigenvalue weighted by Gasteiger charge is 2.61. The van der Waals surface area contributed by atoms with Crippen LogP contribution < -0.4 is 10.6 Å². The summed E-state index contributed by atoms with van der Waals surface area (Å²) in [5, 5.41) is 15.2. The van der Waals surface area contributed by atoms with Crippen molar-refractivity contribution in [2.45, 2.75) is 69.4 Å². The second-order valence-corrected chi connectivity index (χ2v) is 10.6. The molecule has 0 aromatic heterocycles. The Morgan fingerprint density at radius 3 is 2.17 bits per heavy atom. The van der Waals surface area contributed by atoms with Crippen LogP contribution in [-0.4, -0.2) is 41.3 Å². The smallest absolute Gasteiger partial charge is 0.407 e. The number of rotatable bonds is 8. The minimum Gasteiger partial charge on any atom is -0.480 e. The van der Waals surface area contributed by atoms with Gasteiger partial charge in [-0.25, -0.2) is 9.59 Å². The van der Waals surface area contributed by atoms with Crippen molar-refractivity contribution < 1.29 is 24.2 Å². The SMILES string of the molecule is CC(CCC(=O)NC1(C(=O)O)CC2(CCC2)C1)NC(=O)OCC1c2ccccc2-c2ccccc21. The minimum atomic E-state index is -1.12. The number of carboxylic acid groups (broad SMARTS) is 1. The van der Waals surface area contributed by atoms with Gasteiger partial charge in [-0.2, -0.15) is 0 Å². The number of fused-ring (bicyclic) bond motifs is 3. The van der Waals surface area contributed by atoms with Crippen LogP contribution in [-0.2, 0) is 14.3 Å². The van der Waals surface area contributed by atoms with Gasteiger partial charge in [-0.05, 0) is 66.7 Å². The van der Waals surface area contributed by atoms with E-state index < -0.39 is 17.6 Å². The fraction of sp³-hybridized carbons (Fsp3) is 0.464. The fourth-order valence-corrected chi connectivity index (χ4v) is 6.14. The summed E-state index contributed by atoms with van der Waals surface area (Å²) in [6, 6.07) is 16.1. The van der Waals surface area contributed by atoms with Gasteiger partial charge < -0.3 is 20.5 Å². The summed E-state index contributed by atoms with van der Waals surface area (Å²) in [5.41, 5.74) is 3.65. The molecule has 2 aromatic rings. The van der Waals surface area contributed by atoms with E-state index in [0.29, 0.717) is 19.3 Å². The number of benzene rings is 2. The van der Waals surface area contributed by atoms with Crippen LogP contribution in [0.25, 0.3) is 11.1 Å². The number of carboxylic acids is 1. The van der Waals surface area contributed by atoms with E-state index in [-0.39, 0.29) is 36.3 Å². The quantitative estimate of drug-likeness (QED) is 0.517. The van der Waals surface area contributed by atoms with Crippen molar-refractivity contribution >= 4 is 18.0 Å². The lowest BCUT2D eigenvalue weighted by molar-refractivity contribution is -0.165. The van der Waals surface area contributed by atoms with E-state index in [4.69, 9.17) is 4.74 Å². The highest BCUT2D eigenvalue weighted by Crippen LogP contribution is 2.60. The first-order chi connectivity index (χ1) is 16.8. The number of alkyl carbamates (subject to hydrolysis) is 1. The van der Waals surface area contributed by atoms with Crippen LogP contribution in [0.4, 0.5) is 4.79 Å². The highest BCUT2D eigenvalue weighted by molar-refractivity contribution is 5.88. The van der Waals surface area contributed by atoms with Crippen molar-refractivity contribution in [2.24, 2.45) is 5.41 Å². The predicted octanol–water partition coefficient (Wildman–Crippen LogP) is 4.60. The third kappa shape index (κ3) is 4.40. The summed E-state index contributed by atoms with van der Waals surface area (Å²) in [4.78, 5) is 36.7. The van der Waals surface area contributed by atoms with E-state index in [1.807, 2.05) is 31.2 Å². The molecular formula is C28H32N2O5. The molecule has 3 N–H and O–H groups in total. The van der Waals surface area contributed by atoms with Crippen LogP contribution in [0.15, 0.2) is 48.5 Å². The molecular weight excluding hydrogens is 444 g/mol. The van der Waals surface area contributed by atoms with Gasteiger partial charge in [-0.15, -0.1) is 0 Å². The summed E-state index contributed by atoms with van der Waals surface area (Å²) in [7, 11) is 0. The Labute approximate surface area is 205 Å². The van der Waals surface area contributed by atoms with Gasteiger partial charge in [-0.1, -0.05) is 55.0 Å². The van der Waals surface area contributed by atoms with E-state index in [0.717, 1.165) is 30.4 Å². The van der Waals surface area contributed by atoms with Crippen molar-refractivity contribution in [3.05, 3.63) is 59.7 Å². The molecule has 3 aliphatic rings. The minimum absolute atomic E-state index is 0.0112. The lowest BCUT2D eigenvalue weighted by Crippen LogP contribution is -2.68. The molecule has 2 amide bonds. The Bertz CT molecular complexity index is 1100. The van der Waals surface area contributed by atoms with Crippen LogP contribution in [0.1, 0.15) is 68.9 Å². The van der Waals surface area contributed by atoms with Crippen molar-refractivity contribution in [3.63, 3.8) is 0 Å². The normalized spacial score (nSPS) is 19.5. The number of nitrogens with one attached hydrogen (secondary N) is 2. The second kappa shape index (κ2) is 9.02. The number of hydrogen-bond donors (Lipinski definition) is 3. The van der Waals surface area contributed by atoms with Crippen molar-refractivity contribution in [2.75, 3.05) is 6.61 Å². The molecule has 0 radical (unpaired) electrons. The van der Waals surface area contributed by atoms with Crippen LogP contribution >= 0.6 is 0 Å². The van der Waals surface area contributed by atoms with E-state index in [1.165, 1.54) is 11.1 Å². The van der Waals surface area contributed by atoms with Gasteiger partial charge in [0.2, 0.25) is 5.91 Å². The number of carbonyl (C=O) groups is 3. The molecule has 7 nitrogen and oxygen atoms in total. The molecule has 0 bridgehead atoms. The molecule has 2 fully saturated rings. The third-order valence-electron chi connectivity index (χ3n) is 8.07. The van der Waals surface area contributed by atoms with Gasteiger partial charge in [0.05, 0.1) is 0 Å². The summed E-state index contributed by atoms with van der Waals surface area (Å²) in [5.74, 6) is -1.25. The molecule has 2 aromatic carbocycles. The van der Waals surface area contributed by atoms with Gasteiger partial charge in [0.25, 0.3) is 0 Å². The summed E-state index contributed by atoms with van der Waals surface area (Å²) < 4.78 is 5.57. The Morgan fingerprint density at radius 2 is 1.63 bits per heavy atom. The Balaban J connectivity index is 1.09. The molecule has 0 heterocycles. The number of carbonyl (C=O) groups excluding carboxylic acids is 2. The molecule has 1 spiro atoms. The van der Waals surface area contributed by atoms with Gasteiger partial charge in [0.1, 0.15) is 12.1 Å². The van der Waals surface area contributed by atoms with E-state index in [2.05, 4.69) is 34.9 Å². The summed E-state index contributed by atoms with van der Waals surface area (Å²) in [6.45, 7) is 2.05. The van der Waals surface area contributed by atoms with Crippen molar-refractivity contribution in [1.29, 1.82) is 0 Å². The van der Waals surface area contributed by atoms with E-state index in [1.54, 1.807) is 0 Å². The summed E-state index contributed by atoms with van der Waals surface area (Å²) in [6.07, 6.45) is 4.32. The van der Waals surface area contributed by atoms with Crippen LogP contribution in [0.5, 0.6) is 0 Å². The average molecular weight is 477 g/mol. The van der Waals surface area contributed by atoms with E-state index >= 15 is 0 Å². The zero-order chi connectivity index (χ0) is 24.6. The molecule has 35 heavy (non-hydrogen) atoms. The molecule has 0 saturated heterocycles. The lowest BCUT2D eigenvalue weighted by Gasteiger charge is -2.59. The zero-order valence-corrected chi connectivity index (χ0v) is 20.0. The molecule has 5 rings (SSSR count). The van der Waals surface area contributed by atoms with Crippen LogP contribution in [0.3, 0.4) is 0 Å². The number of hydrogen-bond acceptors (Lipinski definition) is 4. The maximum atomic E-state index is 12.5. The van der Waals surface area contributed by atoms with Gasteiger partial charge in [-0.3, -0.25) is 4.79 Å². The summed E-state index contributed by atoms with van der Waals surface area (Å²) >= 11 is 0. The Hall–Kier alpha value is -3.35. The maximum Gasteiger partial charge on any atom is 0.407 e. The Kier molecular flexibility index (Phi) is 6.03. The maximum absolute atomic E-state index is 12.5. The first-order valence-electron chi connectivity index (χ1n) is 12.5. The highest BCUT2D eigenvalue weighted by atomic mass is 16.5. The monoisotopic (exact) mass is 476 g/mol. The third-order valence-corrected chi connectivity index (χ3v) is 8.07. The van der Waals surface area contributed by atoms with Gasteiger partial charge in [0.15, 0.2) is 0 Å². The first-order valence-corrected chi connectivity index (χ1v) is 12.5. The zero-order valence-electron chi connectivity index (χ0n) is 20.0. The fourth-order valence-electron chi connectivity index (χ4n) is 6.14. The molecule has 0 aliphatic heterocycles. The second-order valence-electron chi connectivity index (χ2n) is 10.6. The Morgan fingerprint density at radius 1 is 1.03 bits per heavy atom. The lowest BCUT2D eigenvalue weighted by atomic mass is 9.48. The molecule has 3 aliphatic carbocycles. The largest absolute Gasteiger partial charge is 0.480 e. The number of amides is 2. The molecule has 184 valence electrons. The standard InChI is InChI=1S/C28H32N2O5/c1-18(11-12-24(31)30-28(25(32)33)16-27(17-28)13-6-14-27)29-26(34)35-15-23-21-9-4-2-7-19(21)20-8-3-5-10-22(20)23/h2-5,7-10,18,23H,6,11-17H2,1H3,(H,29,34)(H,30,31)(H,32,33). The van der Waals surface area contributed by atoms with Crippen molar-refractivity contribution in [1.82, 2.24) is 10.6 Å². The predicted molar refractivity (Wildman–Crippen MR) is 131 cm³/mol. The van der Waals surface area contributed by atoms with E-state index in [9.17, 15) is 19.5 Å². The van der Waals surface area contributed by atoms with Gasteiger partial charge >= 0.3 is 12.1 Å². The van der Waals surface area contributed by atoms with Gasteiger partial charge in [0, 0.05) is 18.4 Å². The van der Waals surface area contributed by atoms with Crippen molar-refractivity contribution in [3.8, 4) is 11.1 Å². The average Bonchev–Trinajstić information content (AvgIpc) is 3.11. The topological polar surface area (TPSA) is 105 Å². The first kappa shape index (κ1) is 23.4. The molecule has 1 atom stereocenters. The molecule has 7 heteroatoms. The molecule has 2 saturated carbocycles. The van der Waals surface area contributed by atoms with Crippen LogP contribution in [0.2, 0.25) is 0 Å². The molecule has 1 unspecified atom stereocenters. The van der Waals surface area contributed by atoms with Crippen LogP contribution in [0, 0.1) is 5.41 Å². The number of aliphatic carboxylic acids is 1. The number of ether oxygens (including phenoxy) is 1.